The fourth-order valence-electron chi connectivity index (χ4n) is 1.45. The SMILES string of the molecule is Nc1ncccc1C(F)c1ccccc1. The van der Waals surface area contributed by atoms with Gasteiger partial charge in [-0.05, 0) is 11.6 Å². The normalized spacial score (nSPS) is 12.3. The standard InChI is InChI=1S/C12H11FN2/c13-11(9-5-2-1-3-6-9)10-7-4-8-15-12(10)14/h1-8,11H,(H2,14,15). The molecule has 2 nitrogen and oxygen atoms in total. The smallest absolute Gasteiger partial charge is 0.154 e. The van der Waals surface area contributed by atoms with Gasteiger partial charge in [-0.15, -0.1) is 0 Å². The zero-order valence-electron chi connectivity index (χ0n) is 8.10. The maximum absolute atomic E-state index is 14.0. The lowest BCUT2D eigenvalue weighted by atomic mass is 10.0. The lowest BCUT2D eigenvalue weighted by molar-refractivity contribution is 0.402. The number of aromatic nitrogens is 1. The summed E-state index contributed by atoms with van der Waals surface area (Å²) < 4.78 is 14.0. The van der Waals surface area contributed by atoms with Gasteiger partial charge >= 0.3 is 0 Å². The molecule has 0 bridgehead atoms. The number of hydrogen-bond donors (Lipinski definition) is 1. The van der Waals surface area contributed by atoms with Gasteiger partial charge in [-0.2, -0.15) is 0 Å². The van der Waals surface area contributed by atoms with E-state index in [0.29, 0.717) is 11.1 Å². The van der Waals surface area contributed by atoms with Gasteiger partial charge in [-0.25, -0.2) is 9.37 Å². The molecule has 1 unspecified atom stereocenters. The second kappa shape index (κ2) is 4.09. The van der Waals surface area contributed by atoms with E-state index < -0.39 is 6.17 Å². The van der Waals surface area contributed by atoms with Gasteiger partial charge in [0.2, 0.25) is 0 Å². The minimum absolute atomic E-state index is 0.244. The Morgan fingerprint density at radius 2 is 1.80 bits per heavy atom. The summed E-state index contributed by atoms with van der Waals surface area (Å²) >= 11 is 0. The van der Waals surface area contributed by atoms with Crippen molar-refractivity contribution in [2.75, 3.05) is 5.73 Å². The molecule has 1 aromatic heterocycles. The molecule has 3 heteroatoms. The van der Waals surface area contributed by atoms with Crippen LogP contribution in [0.25, 0.3) is 0 Å². The number of anilines is 1. The minimum atomic E-state index is -1.21. The first-order valence-electron chi connectivity index (χ1n) is 4.68. The van der Waals surface area contributed by atoms with E-state index in [1.807, 2.05) is 6.07 Å². The molecular formula is C12H11FN2. The van der Waals surface area contributed by atoms with Crippen molar-refractivity contribution >= 4 is 5.82 Å². The molecule has 0 aliphatic heterocycles. The van der Waals surface area contributed by atoms with Gasteiger partial charge < -0.3 is 5.73 Å². The van der Waals surface area contributed by atoms with Gasteiger partial charge in [0.15, 0.2) is 6.17 Å². The molecule has 0 saturated carbocycles. The monoisotopic (exact) mass is 202 g/mol. The maximum atomic E-state index is 14.0. The van der Waals surface area contributed by atoms with Crippen molar-refractivity contribution in [3.8, 4) is 0 Å². The van der Waals surface area contributed by atoms with Crippen LogP contribution >= 0.6 is 0 Å². The minimum Gasteiger partial charge on any atom is -0.383 e. The topological polar surface area (TPSA) is 38.9 Å². The molecular weight excluding hydrogens is 191 g/mol. The summed E-state index contributed by atoms with van der Waals surface area (Å²) in [5, 5.41) is 0. The summed E-state index contributed by atoms with van der Waals surface area (Å²) in [6.07, 6.45) is 0.344. The highest BCUT2D eigenvalue weighted by Gasteiger charge is 2.14. The van der Waals surface area contributed by atoms with Crippen molar-refractivity contribution in [3.63, 3.8) is 0 Å². The Morgan fingerprint density at radius 1 is 1.07 bits per heavy atom. The number of benzene rings is 1. The second-order valence-electron chi connectivity index (χ2n) is 3.25. The number of nitrogen functional groups attached to an aromatic ring is 1. The third-order valence-electron chi connectivity index (χ3n) is 2.24. The molecule has 2 N–H and O–H groups in total. The highest BCUT2D eigenvalue weighted by molar-refractivity contribution is 5.44. The van der Waals surface area contributed by atoms with E-state index in [4.69, 9.17) is 5.73 Å². The highest BCUT2D eigenvalue weighted by Crippen LogP contribution is 2.28. The molecule has 0 saturated heterocycles. The quantitative estimate of drug-likeness (QED) is 0.813. The number of hydrogen-bond acceptors (Lipinski definition) is 2. The number of halogens is 1. The molecule has 2 rings (SSSR count). The summed E-state index contributed by atoms with van der Waals surface area (Å²) in [7, 11) is 0. The molecule has 0 radical (unpaired) electrons. The highest BCUT2D eigenvalue weighted by atomic mass is 19.1. The van der Waals surface area contributed by atoms with Crippen molar-refractivity contribution < 1.29 is 4.39 Å². The zero-order valence-corrected chi connectivity index (χ0v) is 8.10. The Balaban J connectivity index is 2.37. The Labute approximate surface area is 87.6 Å². The fourth-order valence-corrected chi connectivity index (χ4v) is 1.45. The average molecular weight is 202 g/mol. The molecule has 0 amide bonds. The fraction of sp³-hybridized carbons (Fsp3) is 0.0833. The number of pyridine rings is 1. The van der Waals surface area contributed by atoms with Crippen LogP contribution in [0.1, 0.15) is 17.3 Å². The van der Waals surface area contributed by atoms with Gasteiger partial charge in [0.05, 0.1) is 0 Å². The van der Waals surface area contributed by atoms with Gasteiger partial charge in [-0.1, -0.05) is 36.4 Å². The molecule has 1 aromatic carbocycles. The molecule has 76 valence electrons. The van der Waals surface area contributed by atoms with Gasteiger partial charge in [0.1, 0.15) is 5.82 Å². The lowest BCUT2D eigenvalue weighted by Crippen LogP contribution is -2.01. The average Bonchev–Trinajstić information content (AvgIpc) is 2.30. The van der Waals surface area contributed by atoms with Crippen LogP contribution in [0.4, 0.5) is 10.2 Å². The van der Waals surface area contributed by atoms with E-state index in [2.05, 4.69) is 4.98 Å². The van der Waals surface area contributed by atoms with Crippen LogP contribution in [-0.4, -0.2) is 4.98 Å². The zero-order chi connectivity index (χ0) is 10.7. The number of alkyl halides is 1. The lowest BCUT2D eigenvalue weighted by Gasteiger charge is -2.10. The molecule has 15 heavy (non-hydrogen) atoms. The molecule has 2 aromatic rings. The molecule has 0 fully saturated rings. The van der Waals surface area contributed by atoms with E-state index in [-0.39, 0.29) is 5.82 Å². The van der Waals surface area contributed by atoms with Crippen LogP contribution in [0, 0.1) is 0 Å². The van der Waals surface area contributed by atoms with Crippen molar-refractivity contribution in [3.05, 3.63) is 59.8 Å². The number of nitrogens with two attached hydrogens (primary N) is 1. The largest absolute Gasteiger partial charge is 0.383 e. The summed E-state index contributed by atoms with van der Waals surface area (Å²) in [4.78, 5) is 3.86. The van der Waals surface area contributed by atoms with Crippen molar-refractivity contribution in [1.82, 2.24) is 4.98 Å². The van der Waals surface area contributed by atoms with Gasteiger partial charge in [0.25, 0.3) is 0 Å². The number of rotatable bonds is 2. The van der Waals surface area contributed by atoms with Crippen LogP contribution in [0.3, 0.4) is 0 Å². The maximum Gasteiger partial charge on any atom is 0.154 e. The predicted octanol–water partition coefficient (Wildman–Crippen LogP) is 2.72. The Hall–Kier alpha value is -1.90. The van der Waals surface area contributed by atoms with Gasteiger partial charge in [-0.3, -0.25) is 0 Å². The molecule has 0 aliphatic rings. The first-order chi connectivity index (χ1) is 7.29. The molecule has 1 heterocycles. The Bertz CT molecular complexity index is 442. The van der Waals surface area contributed by atoms with Crippen LogP contribution in [0.15, 0.2) is 48.7 Å². The van der Waals surface area contributed by atoms with Crippen molar-refractivity contribution in [2.45, 2.75) is 6.17 Å². The van der Waals surface area contributed by atoms with Gasteiger partial charge in [0, 0.05) is 11.8 Å². The van der Waals surface area contributed by atoms with E-state index in [9.17, 15) is 4.39 Å². The third kappa shape index (κ3) is 1.96. The van der Waals surface area contributed by atoms with E-state index in [1.54, 1.807) is 42.6 Å². The Kier molecular flexibility index (Phi) is 2.63. The summed E-state index contributed by atoms with van der Waals surface area (Å²) in [6.45, 7) is 0. The van der Waals surface area contributed by atoms with E-state index >= 15 is 0 Å². The predicted molar refractivity (Wildman–Crippen MR) is 58.0 cm³/mol. The van der Waals surface area contributed by atoms with Crippen LogP contribution in [0.5, 0.6) is 0 Å². The summed E-state index contributed by atoms with van der Waals surface area (Å²) in [5.41, 5.74) is 6.62. The first-order valence-corrected chi connectivity index (χ1v) is 4.68. The van der Waals surface area contributed by atoms with E-state index in [0.717, 1.165) is 0 Å². The van der Waals surface area contributed by atoms with Crippen molar-refractivity contribution in [2.24, 2.45) is 0 Å². The third-order valence-corrected chi connectivity index (χ3v) is 2.24. The molecule has 0 aliphatic carbocycles. The molecule has 0 spiro atoms. The first kappa shape index (κ1) is 9.65. The van der Waals surface area contributed by atoms with Crippen LogP contribution in [-0.2, 0) is 0 Å². The van der Waals surface area contributed by atoms with Crippen molar-refractivity contribution in [1.29, 1.82) is 0 Å². The Morgan fingerprint density at radius 3 is 2.47 bits per heavy atom. The second-order valence-corrected chi connectivity index (χ2v) is 3.25. The van der Waals surface area contributed by atoms with Crippen LogP contribution in [0.2, 0.25) is 0 Å². The summed E-state index contributed by atoms with van der Waals surface area (Å²) in [5.74, 6) is 0.244. The summed E-state index contributed by atoms with van der Waals surface area (Å²) in [6, 6.07) is 12.3. The number of nitrogens with zero attached hydrogens (tertiary/aromatic N) is 1. The van der Waals surface area contributed by atoms with E-state index in [1.165, 1.54) is 0 Å². The molecule has 1 atom stereocenters. The van der Waals surface area contributed by atoms with Crippen LogP contribution < -0.4 is 5.73 Å².